The van der Waals surface area contributed by atoms with Crippen LogP contribution in [0.15, 0.2) is 0 Å². The second-order valence-electron chi connectivity index (χ2n) is 4.00. The van der Waals surface area contributed by atoms with E-state index in [0.29, 0.717) is 0 Å². The van der Waals surface area contributed by atoms with Crippen LogP contribution < -0.4 is 11.1 Å². The van der Waals surface area contributed by atoms with Crippen molar-refractivity contribution in [2.24, 2.45) is 11.1 Å². The van der Waals surface area contributed by atoms with Crippen LogP contribution in [-0.4, -0.2) is 30.5 Å². The monoisotopic (exact) mass is 262 g/mol. The van der Waals surface area contributed by atoms with E-state index in [1.165, 1.54) is 19.2 Å². The smallest absolute Gasteiger partial charge is 0.369 e. The van der Waals surface area contributed by atoms with Crippen molar-refractivity contribution in [3.63, 3.8) is 0 Å². The lowest BCUT2D eigenvalue weighted by Crippen LogP contribution is -2.53. The minimum absolute atomic E-state index is 0.715. The van der Waals surface area contributed by atoms with Gasteiger partial charge in [0.05, 0.1) is 5.41 Å². The van der Waals surface area contributed by atoms with E-state index in [9.17, 15) is 31.5 Å². The molecule has 0 aromatic heterocycles. The van der Waals surface area contributed by atoms with Crippen molar-refractivity contribution < 1.29 is 31.5 Å². The summed E-state index contributed by atoms with van der Waals surface area (Å²) in [6, 6.07) is 0. The van der Waals surface area contributed by atoms with Crippen LogP contribution in [0.5, 0.6) is 0 Å². The first-order valence-corrected chi connectivity index (χ1v) is 4.35. The minimum Gasteiger partial charge on any atom is -0.369 e. The molecular formula is C8H11F5N2O2. The Morgan fingerprint density at radius 3 is 1.82 bits per heavy atom. The Labute approximate surface area is 93.3 Å². The number of nitrogens with two attached hydrogens (primary N) is 1. The number of rotatable bonds is 4. The third-order valence-corrected chi connectivity index (χ3v) is 2.00. The number of nitrogens with one attached hydrogen (secondary N) is 1. The average Bonchev–Trinajstić information content (AvgIpc) is 2.12. The molecule has 0 unspecified atom stereocenters. The molecule has 0 aliphatic heterocycles. The molecule has 100 valence electrons. The highest BCUT2D eigenvalue weighted by Crippen LogP contribution is 2.35. The fraction of sp³-hybridized carbons (Fsp3) is 0.750. The molecular weight excluding hydrogens is 251 g/mol. The van der Waals surface area contributed by atoms with Crippen LogP contribution in [0, 0.1) is 5.41 Å². The molecule has 0 fully saturated rings. The second kappa shape index (κ2) is 4.46. The van der Waals surface area contributed by atoms with Gasteiger partial charge in [-0.25, -0.2) is 0 Å². The van der Waals surface area contributed by atoms with Crippen molar-refractivity contribution in [2.75, 3.05) is 6.54 Å². The fourth-order valence-corrected chi connectivity index (χ4v) is 0.628. The van der Waals surface area contributed by atoms with Crippen LogP contribution in [0.25, 0.3) is 0 Å². The summed E-state index contributed by atoms with van der Waals surface area (Å²) in [5.74, 6) is -8.95. The van der Waals surface area contributed by atoms with Gasteiger partial charge in [-0.05, 0) is 13.8 Å². The second-order valence-corrected chi connectivity index (χ2v) is 4.00. The number of alkyl halides is 5. The molecule has 0 aromatic carbocycles. The van der Waals surface area contributed by atoms with Gasteiger partial charge in [-0.3, -0.25) is 9.59 Å². The Bertz CT molecular complexity index is 324. The van der Waals surface area contributed by atoms with E-state index in [0.717, 1.165) is 0 Å². The Morgan fingerprint density at radius 1 is 1.12 bits per heavy atom. The molecule has 0 spiro atoms. The van der Waals surface area contributed by atoms with Gasteiger partial charge in [0, 0.05) is 6.54 Å². The molecule has 0 aliphatic carbocycles. The predicted octanol–water partition coefficient (Wildman–Crippen LogP) is 0.812. The molecule has 0 saturated carbocycles. The highest BCUT2D eigenvalue weighted by molar-refractivity contribution is 5.86. The number of carbonyl (C=O) groups excluding carboxylic acids is 2. The standard InChI is InChI=1S/C8H11F5N2O2/c1-6(2,4(14)16)3-15-5(17)7(9,10)8(11,12)13/h3H2,1-2H3,(H2,14,16)(H,15,17). The molecule has 0 atom stereocenters. The normalized spacial score (nSPS) is 13.4. The quantitative estimate of drug-likeness (QED) is 0.736. The van der Waals surface area contributed by atoms with Gasteiger partial charge in [-0.15, -0.1) is 0 Å². The molecule has 0 saturated heterocycles. The zero-order valence-electron chi connectivity index (χ0n) is 8.99. The first-order chi connectivity index (χ1) is 7.32. The number of hydrogen-bond donors (Lipinski definition) is 2. The summed E-state index contributed by atoms with van der Waals surface area (Å²) < 4.78 is 60.2. The van der Waals surface area contributed by atoms with Gasteiger partial charge in [0.15, 0.2) is 0 Å². The summed E-state index contributed by atoms with van der Waals surface area (Å²) in [7, 11) is 0. The van der Waals surface area contributed by atoms with Crippen LogP contribution in [0.4, 0.5) is 22.0 Å². The molecule has 0 aliphatic rings. The predicted molar refractivity (Wildman–Crippen MR) is 47.0 cm³/mol. The van der Waals surface area contributed by atoms with Gasteiger partial charge >= 0.3 is 12.1 Å². The van der Waals surface area contributed by atoms with Crippen LogP contribution in [0.3, 0.4) is 0 Å². The van der Waals surface area contributed by atoms with Crippen LogP contribution in [0.2, 0.25) is 0 Å². The van der Waals surface area contributed by atoms with Crippen LogP contribution in [-0.2, 0) is 9.59 Å². The van der Waals surface area contributed by atoms with Crippen molar-refractivity contribution >= 4 is 11.8 Å². The minimum atomic E-state index is -5.98. The van der Waals surface area contributed by atoms with E-state index < -0.39 is 35.9 Å². The molecule has 3 N–H and O–H groups in total. The van der Waals surface area contributed by atoms with Gasteiger partial charge < -0.3 is 11.1 Å². The van der Waals surface area contributed by atoms with Gasteiger partial charge in [0.1, 0.15) is 0 Å². The van der Waals surface area contributed by atoms with Crippen LogP contribution >= 0.6 is 0 Å². The number of amides is 2. The maximum atomic E-state index is 12.4. The summed E-state index contributed by atoms with van der Waals surface area (Å²) in [6.07, 6.45) is -5.98. The SMILES string of the molecule is CC(C)(CNC(=O)C(F)(F)C(F)(F)F)C(N)=O. The fourth-order valence-electron chi connectivity index (χ4n) is 0.628. The van der Waals surface area contributed by atoms with Crippen molar-refractivity contribution in [2.45, 2.75) is 25.9 Å². The molecule has 2 amide bonds. The molecule has 0 radical (unpaired) electrons. The van der Waals surface area contributed by atoms with Gasteiger partial charge in [0.25, 0.3) is 5.91 Å². The highest BCUT2D eigenvalue weighted by Gasteiger charge is 2.63. The number of carbonyl (C=O) groups is 2. The molecule has 9 heteroatoms. The summed E-state index contributed by atoms with van der Waals surface area (Å²) in [4.78, 5) is 21.4. The van der Waals surface area contributed by atoms with E-state index in [1.54, 1.807) is 0 Å². The lowest BCUT2D eigenvalue weighted by Gasteiger charge is -2.23. The zero-order valence-corrected chi connectivity index (χ0v) is 8.99. The molecule has 17 heavy (non-hydrogen) atoms. The average molecular weight is 262 g/mol. The highest BCUT2D eigenvalue weighted by atomic mass is 19.4. The summed E-state index contributed by atoms with van der Waals surface area (Å²) >= 11 is 0. The third-order valence-electron chi connectivity index (χ3n) is 2.00. The first kappa shape index (κ1) is 15.6. The van der Waals surface area contributed by atoms with Crippen molar-refractivity contribution in [1.82, 2.24) is 5.32 Å². The van der Waals surface area contributed by atoms with Crippen LogP contribution in [0.1, 0.15) is 13.8 Å². The lowest BCUT2D eigenvalue weighted by atomic mass is 9.93. The van der Waals surface area contributed by atoms with Gasteiger partial charge in [0.2, 0.25) is 5.91 Å². The summed E-state index contributed by atoms with van der Waals surface area (Å²) in [5, 5.41) is 1.34. The summed E-state index contributed by atoms with van der Waals surface area (Å²) in [5.41, 5.74) is 3.43. The maximum Gasteiger partial charge on any atom is 0.463 e. The molecule has 0 rings (SSSR count). The van der Waals surface area contributed by atoms with E-state index in [-0.39, 0.29) is 0 Å². The first-order valence-electron chi connectivity index (χ1n) is 4.35. The third kappa shape index (κ3) is 3.53. The van der Waals surface area contributed by atoms with Gasteiger partial charge in [-0.2, -0.15) is 22.0 Å². The number of hydrogen-bond acceptors (Lipinski definition) is 2. The molecule has 0 bridgehead atoms. The van der Waals surface area contributed by atoms with E-state index in [2.05, 4.69) is 0 Å². The Balaban J connectivity index is 4.64. The number of halogens is 5. The molecule has 4 nitrogen and oxygen atoms in total. The Morgan fingerprint density at radius 2 is 1.53 bits per heavy atom. The largest absolute Gasteiger partial charge is 0.463 e. The Kier molecular flexibility index (Phi) is 4.09. The maximum absolute atomic E-state index is 12.4. The topological polar surface area (TPSA) is 72.2 Å². The van der Waals surface area contributed by atoms with Crippen molar-refractivity contribution in [3.8, 4) is 0 Å². The van der Waals surface area contributed by atoms with E-state index in [4.69, 9.17) is 5.73 Å². The van der Waals surface area contributed by atoms with E-state index in [1.807, 2.05) is 0 Å². The van der Waals surface area contributed by atoms with Gasteiger partial charge in [-0.1, -0.05) is 0 Å². The lowest BCUT2D eigenvalue weighted by molar-refractivity contribution is -0.269. The number of primary amides is 1. The van der Waals surface area contributed by atoms with Crippen molar-refractivity contribution in [3.05, 3.63) is 0 Å². The zero-order chi connectivity index (χ0) is 14.1. The van der Waals surface area contributed by atoms with Crippen molar-refractivity contribution in [1.29, 1.82) is 0 Å². The molecule has 0 heterocycles. The summed E-state index contributed by atoms with van der Waals surface area (Å²) in [6.45, 7) is 1.68. The Hall–Kier alpha value is -1.41. The molecule has 0 aromatic rings. The van der Waals surface area contributed by atoms with E-state index >= 15 is 0 Å².